The number of nitrogens with one attached hydrogen (secondary N) is 1. The highest BCUT2D eigenvalue weighted by Crippen LogP contribution is 2.15. The van der Waals surface area contributed by atoms with Gasteiger partial charge in [0.1, 0.15) is 0 Å². The van der Waals surface area contributed by atoms with Crippen molar-refractivity contribution in [1.29, 1.82) is 0 Å². The predicted octanol–water partition coefficient (Wildman–Crippen LogP) is 0.373. The zero-order chi connectivity index (χ0) is 12.9. The van der Waals surface area contributed by atoms with Crippen LogP contribution in [-0.2, 0) is 0 Å². The van der Waals surface area contributed by atoms with E-state index in [0.717, 1.165) is 39.3 Å². The Morgan fingerprint density at radius 2 is 1.76 bits per heavy atom. The molecule has 4 heteroatoms. The molecule has 1 aliphatic heterocycles. The van der Waals surface area contributed by atoms with E-state index < -0.39 is 0 Å². The highest BCUT2D eigenvalue weighted by Gasteiger charge is 2.26. The Bertz CT molecular complexity index is 207. The third-order valence-electron chi connectivity index (χ3n) is 3.51. The van der Waals surface area contributed by atoms with Crippen LogP contribution < -0.4 is 5.32 Å². The van der Waals surface area contributed by atoms with Gasteiger partial charge in [-0.3, -0.25) is 9.80 Å². The van der Waals surface area contributed by atoms with Crippen LogP contribution in [0.2, 0.25) is 0 Å². The van der Waals surface area contributed by atoms with Crippen molar-refractivity contribution in [3.05, 3.63) is 0 Å². The fourth-order valence-electron chi connectivity index (χ4n) is 2.39. The van der Waals surface area contributed by atoms with Crippen LogP contribution in [0.3, 0.4) is 0 Å². The van der Waals surface area contributed by atoms with Crippen molar-refractivity contribution in [2.24, 2.45) is 0 Å². The molecule has 1 fully saturated rings. The Labute approximate surface area is 106 Å². The van der Waals surface area contributed by atoms with Gasteiger partial charge in [-0.25, -0.2) is 0 Å². The van der Waals surface area contributed by atoms with Gasteiger partial charge in [0.2, 0.25) is 0 Å². The van der Waals surface area contributed by atoms with Crippen molar-refractivity contribution >= 4 is 0 Å². The molecule has 0 amide bonds. The molecule has 1 saturated heterocycles. The summed E-state index contributed by atoms with van der Waals surface area (Å²) in [7, 11) is 0. The van der Waals surface area contributed by atoms with Crippen molar-refractivity contribution in [2.75, 3.05) is 45.9 Å². The summed E-state index contributed by atoms with van der Waals surface area (Å²) < 4.78 is 0. The van der Waals surface area contributed by atoms with Gasteiger partial charge in [0.15, 0.2) is 0 Å². The van der Waals surface area contributed by atoms with Crippen molar-refractivity contribution in [3.63, 3.8) is 0 Å². The SMILES string of the molecule is CCNC(CO)CN1CCN(C(C)(C)C)CC1. The average Bonchev–Trinajstić information content (AvgIpc) is 2.28. The van der Waals surface area contributed by atoms with Crippen LogP contribution in [0.4, 0.5) is 0 Å². The van der Waals surface area contributed by atoms with Gasteiger partial charge in [-0.05, 0) is 27.3 Å². The van der Waals surface area contributed by atoms with E-state index in [4.69, 9.17) is 0 Å². The van der Waals surface area contributed by atoms with E-state index in [2.05, 4.69) is 42.8 Å². The first-order valence-electron chi connectivity index (χ1n) is 6.79. The molecule has 1 heterocycles. The second-order valence-corrected chi connectivity index (χ2v) is 5.90. The van der Waals surface area contributed by atoms with E-state index in [-0.39, 0.29) is 18.2 Å². The van der Waals surface area contributed by atoms with Crippen LogP contribution in [0.5, 0.6) is 0 Å². The normalized spacial score (nSPS) is 21.7. The number of nitrogens with zero attached hydrogens (tertiary/aromatic N) is 2. The molecule has 102 valence electrons. The Balaban J connectivity index is 2.31. The Hall–Kier alpha value is -0.160. The number of piperazine rings is 1. The molecule has 1 rings (SSSR count). The van der Waals surface area contributed by atoms with Gasteiger partial charge in [0.05, 0.1) is 6.61 Å². The molecular formula is C13H29N3O. The van der Waals surface area contributed by atoms with Gasteiger partial charge in [0, 0.05) is 44.3 Å². The van der Waals surface area contributed by atoms with Crippen LogP contribution in [-0.4, -0.2) is 72.4 Å². The monoisotopic (exact) mass is 243 g/mol. The van der Waals surface area contributed by atoms with Gasteiger partial charge >= 0.3 is 0 Å². The number of likely N-dealkylation sites (N-methyl/N-ethyl adjacent to an activating group) is 1. The number of aliphatic hydroxyl groups excluding tert-OH is 1. The summed E-state index contributed by atoms with van der Waals surface area (Å²) in [6.45, 7) is 15.5. The van der Waals surface area contributed by atoms with Gasteiger partial charge < -0.3 is 10.4 Å². The molecule has 0 saturated carbocycles. The fourth-order valence-corrected chi connectivity index (χ4v) is 2.39. The first-order valence-corrected chi connectivity index (χ1v) is 6.79. The number of aliphatic hydroxyl groups is 1. The lowest BCUT2D eigenvalue weighted by Crippen LogP contribution is -2.55. The van der Waals surface area contributed by atoms with Crippen LogP contribution in [0.15, 0.2) is 0 Å². The Morgan fingerprint density at radius 1 is 1.18 bits per heavy atom. The number of rotatable bonds is 5. The van der Waals surface area contributed by atoms with Crippen molar-refractivity contribution in [1.82, 2.24) is 15.1 Å². The fraction of sp³-hybridized carbons (Fsp3) is 1.00. The molecule has 2 N–H and O–H groups in total. The quantitative estimate of drug-likeness (QED) is 0.732. The maximum absolute atomic E-state index is 9.27. The van der Waals surface area contributed by atoms with Crippen LogP contribution in [0.25, 0.3) is 0 Å². The minimum absolute atomic E-state index is 0.223. The third kappa shape index (κ3) is 4.92. The van der Waals surface area contributed by atoms with E-state index in [1.165, 1.54) is 0 Å². The standard InChI is InChI=1S/C13H29N3O/c1-5-14-12(11-17)10-15-6-8-16(9-7-15)13(2,3)4/h12,14,17H,5-11H2,1-4H3. The summed E-state index contributed by atoms with van der Waals surface area (Å²) in [6, 6.07) is 0.223. The third-order valence-corrected chi connectivity index (χ3v) is 3.51. The zero-order valence-corrected chi connectivity index (χ0v) is 11.9. The largest absolute Gasteiger partial charge is 0.395 e. The maximum atomic E-state index is 9.27. The molecule has 0 bridgehead atoms. The first kappa shape index (κ1) is 14.9. The molecule has 0 aromatic rings. The molecule has 1 atom stereocenters. The molecule has 0 aliphatic carbocycles. The van der Waals surface area contributed by atoms with E-state index in [9.17, 15) is 5.11 Å². The van der Waals surface area contributed by atoms with Crippen molar-refractivity contribution in [2.45, 2.75) is 39.3 Å². The predicted molar refractivity (Wildman–Crippen MR) is 72.3 cm³/mol. The Kier molecular flexibility index (Phi) is 5.86. The molecule has 0 aromatic carbocycles. The summed E-state index contributed by atoms with van der Waals surface area (Å²) >= 11 is 0. The topological polar surface area (TPSA) is 38.7 Å². The van der Waals surface area contributed by atoms with Gasteiger partial charge in [-0.1, -0.05) is 6.92 Å². The Morgan fingerprint density at radius 3 is 2.18 bits per heavy atom. The van der Waals surface area contributed by atoms with Crippen LogP contribution in [0.1, 0.15) is 27.7 Å². The minimum atomic E-state index is 0.223. The van der Waals surface area contributed by atoms with E-state index in [1.54, 1.807) is 0 Å². The molecule has 0 radical (unpaired) electrons. The molecule has 1 unspecified atom stereocenters. The summed E-state index contributed by atoms with van der Waals surface area (Å²) in [5, 5.41) is 12.6. The van der Waals surface area contributed by atoms with Crippen LogP contribution >= 0.6 is 0 Å². The highest BCUT2D eigenvalue weighted by atomic mass is 16.3. The maximum Gasteiger partial charge on any atom is 0.0597 e. The van der Waals surface area contributed by atoms with E-state index in [1.807, 2.05) is 0 Å². The number of hydrogen-bond donors (Lipinski definition) is 2. The van der Waals surface area contributed by atoms with Crippen LogP contribution in [0, 0.1) is 0 Å². The first-order chi connectivity index (χ1) is 7.97. The smallest absolute Gasteiger partial charge is 0.0597 e. The van der Waals surface area contributed by atoms with Gasteiger partial charge in [0.25, 0.3) is 0 Å². The summed E-state index contributed by atoms with van der Waals surface area (Å²) in [5.41, 5.74) is 0.282. The lowest BCUT2D eigenvalue weighted by Gasteiger charge is -2.43. The molecule has 17 heavy (non-hydrogen) atoms. The molecule has 4 nitrogen and oxygen atoms in total. The second-order valence-electron chi connectivity index (χ2n) is 5.90. The van der Waals surface area contributed by atoms with Gasteiger partial charge in [-0.2, -0.15) is 0 Å². The van der Waals surface area contributed by atoms with Gasteiger partial charge in [-0.15, -0.1) is 0 Å². The molecule has 1 aliphatic rings. The molecular weight excluding hydrogens is 214 g/mol. The van der Waals surface area contributed by atoms with Crippen molar-refractivity contribution < 1.29 is 5.11 Å². The molecule has 0 spiro atoms. The van der Waals surface area contributed by atoms with Crippen molar-refractivity contribution in [3.8, 4) is 0 Å². The second kappa shape index (κ2) is 6.69. The lowest BCUT2D eigenvalue weighted by atomic mass is 10.0. The summed E-state index contributed by atoms with van der Waals surface area (Å²) in [5.74, 6) is 0. The average molecular weight is 243 g/mol. The lowest BCUT2D eigenvalue weighted by molar-refractivity contribution is 0.0540. The minimum Gasteiger partial charge on any atom is -0.395 e. The zero-order valence-electron chi connectivity index (χ0n) is 11.9. The highest BCUT2D eigenvalue weighted by molar-refractivity contribution is 4.83. The molecule has 0 aromatic heterocycles. The van der Waals surface area contributed by atoms with E-state index >= 15 is 0 Å². The number of hydrogen-bond acceptors (Lipinski definition) is 4. The summed E-state index contributed by atoms with van der Waals surface area (Å²) in [4.78, 5) is 4.98. The van der Waals surface area contributed by atoms with E-state index in [0.29, 0.717) is 0 Å². The summed E-state index contributed by atoms with van der Waals surface area (Å²) in [6.07, 6.45) is 0.